The van der Waals surface area contributed by atoms with Crippen molar-refractivity contribution in [1.82, 2.24) is 10.6 Å². The lowest BCUT2D eigenvalue weighted by Gasteiger charge is -2.02. The van der Waals surface area contributed by atoms with Gasteiger partial charge in [-0.05, 0) is 6.42 Å². The molecule has 0 aromatic heterocycles. The van der Waals surface area contributed by atoms with Crippen molar-refractivity contribution in [3.05, 3.63) is 0 Å². The van der Waals surface area contributed by atoms with Gasteiger partial charge >= 0.3 is 6.03 Å². The summed E-state index contributed by atoms with van der Waals surface area (Å²) in [5.74, 6) is -0.217. The first-order chi connectivity index (χ1) is 5.16. The maximum absolute atomic E-state index is 10.7. The standard InChI is InChI=1S/C6H13N3O2/c1-2-3-8-5(10)4-9-6(7)11/h2-4H2,1H3,(H,8,10)(H3,7,9,11). The number of amides is 3. The van der Waals surface area contributed by atoms with Crippen LogP contribution in [0.1, 0.15) is 13.3 Å². The van der Waals surface area contributed by atoms with Gasteiger partial charge in [-0.25, -0.2) is 4.79 Å². The fourth-order valence-electron chi connectivity index (χ4n) is 0.494. The molecule has 0 aromatic rings. The van der Waals surface area contributed by atoms with E-state index >= 15 is 0 Å². The number of nitrogens with two attached hydrogens (primary N) is 1. The molecule has 0 rings (SSSR count). The molecule has 64 valence electrons. The van der Waals surface area contributed by atoms with Crippen molar-refractivity contribution in [3.63, 3.8) is 0 Å². The third-order valence-electron chi connectivity index (χ3n) is 0.995. The Morgan fingerprint density at radius 2 is 2.00 bits per heavy atom. The predicted molar refractivity (Wildman–Crippen MR) is 40.9 cm³/mol. The molecule has 0 saturated carbocycles. The molecule has 3 amide bonds. The Balaban J connectivity index is 3.30. The highest BCUT2D eigenvalue weighted by Gasteiger charge is 1.99. The Bertz CT molecular complexity index is 147. The Morgan fingerprint density at radius 1 is 1.36 bits per heavy atom. The van der Waals surface area contributed by atoms with E-state index in [1.165, 1.54) is 0 Å². The molecule has 0 aromatic carbocycles. The van der Waals surface area contributed by atoms with Crippen LogP contribution in [-0.4, -0.2) is 25.0 Å². The van der Waals surface area contributed by atoms with Crippen molar-refractivity contribution in [1.29, 1.82) is 0 Å². The van der Waals surface area contributed by atoms with Gasteiger partial charge in [0, 0.05) is 6.54 Å². The van der Waals surface area contributed by atoms with Crippen LogP contribution in [0.15, 0.2) is 0 Å². The highest BCUT2D eigenvalue weighted by Crippen LogP contribution is 1.70. The van der Waals surface area contributed by atoms with Crippen LogP contribution < -0.4 is 16.4 Å². The minimum atomic E-state index is -0.684. The smallest absolute Gasteiger partial charge is 0.312 e. The van der Waals surface area contributed by atoms with Gasteiger partial charge in [-0.2, -0.15) is 0 Å². The third kappa shape index (κ3) is 6.63. The highest BCUT2D eigenvalue weighted by molar-refractivity contribution is 5.83. The number of hydrogen-bond acceptors (Lipinski definition) is 2. The summed E-state index contributed by atoms with van der Waals surface area (Å²) in [5.41, 5.74) is 4.74. The monoisotopic (exact) mass is 159 g/mol. The lowest BCUT2D eigenvalue weighted by atomic mass is 10.4. The summed E-state index contributed by atoms with van der Waals surface area (Å²) in [4.78, 5) is 20.8. The largest absolute Gasteiger partial charge is 0.355 e. The van der Waals surface area contributed by atoms with Crippen LogP contribution in [-0.2, 0) is 4.79 Å². The van der Waals surface area contributed by atoms with Crippen molar-refractivity contribution >= 4 is 11.9 Å². The lowest BCUT2D eigenvalue weighted by molar-refractivity contribution is -0.120. The first kappa shape index (κ1) is 9.74. The van der Waals surface area contributed by atoms with E-state index < -0.39 is 6.03 Å². The number of urea groups is 1. The van der Waals surface area contributed by atoms with Gasteiger partial charge < -0.3 is 16.4 Å². The van der Waals surface area contributed by atoms with Gasteiger partial charge in [0.15, 0.2) is 0 Å². The second kappa shape index (κ2) is 5.52. The van der Waals surface area contributed by atoms with E-state index in [-0.39, 0.29) is 12.5 Å². The Morgan fingerprint density at radius 3 is 2.45 bits per heavy atom. The van der Waals surface area contributed by atoms with E-state index in [0.29, 0.717) is 6.54 Å². The van der Waals surface area contributed by atoms with Crippen LogP contribution in [0.2, 0.25) is 0 Å². The van der Waals surface area contributed by atoms with Gasteiger partial charge in [0.1, 0.15) is 0 Å². The average Bonchev–Trinajstić information content (AvgIpc) is 1.97. The molecule has 0 heterocycles. The SMILES string of the molecule is CCCNC(=O)CNC(N)=O. The summed E-state index contributed by atoms with van der Waals surface area (Å²) in [5, 5.41) is 4.76. The fourth-order valence-corrected chi connectivity index (χ4v) is 0.494. The van der Waals surface area contributed by atoms with Crippen LogP contribution in [0.3, 0.4) is 0 Å². The quantitative estimate of drug-likeness (QED) is 0.500. The molecule has 0 aliphatic rings. The molecule has 0 bridgehead atoms. The second-order valence-electron chi connectivity index (χ2n) is 2.07. The topological polar surface area (TPSA) is 84.2 Å². The number of carbonyl (C=O) groups excluding carboxylic acids is 2. The zero-order chi connectivity index (χ0) is 8.69. The summed E-state index contributed by atoms with van der Waals surface area (Å²) in [6, 6.07) is -0.684. The maximum atomic E-state index is 10.7. The van der Waals surface area contributed by atoms with Crippen molar-refractivity contribution in [2.24, 2.45) is 5.73 Å². The molecule has 5 nitrogen and oxygen atoms in total. The molecule has 11 heavy (non-hydrogen) atoms. The summed E-state index contributed by atoms with van der Waals surface area (Å²) in [7, 11) is 0. The number of hydrogen-bond donors (Lipinski definition) is 3. The van der Waals surface area contributed by atoms with Crippen LogP contribution >= 0.6 is 0 Å². The molecule has 0 radical (unpaired) electrons. The zero-order valence-corrected chi connectivity index (χ0v) is 6.52. The minimum absolute atomic E-state index is 0.0463. The average molecular weight is 159 g/mol. The van der Waals surface area contributed by atoms with E-state index in [0.717, 1.165) is 6.42 Å². The summed E-state index contributed by atoms with van der Waals surface area (Å²) < 4.78 is 0. The molecule has 0 fully saturated rings. The normalized spacial score (nSPS) is 8.82. The van der Waals surface area contributed by atoms with Crippen LogP contribution in [0.4, 0.5) is 4.79 Å². The molecule has 0 saturated heterocycles. The molecule has 0 atom stereocenters. The van der Waals surface area contributed by atoms with Gasteiger partial charge in [0.2, 0.25) is 5.91 Å². The molecular weight excluding hydrogens is 146 g/mol. The molecular formula is C6H13N3O2. The summed E-state index contributed by atoms with van der Waals surface area (Å²) >= 11 is 0. The molecule has 0 aliphatic carbocycles. The molecule has 0 unspecified atom stereocenters. The van der Waals surface area contributed by atoms with Crippen LogP contribution in [0, 0.1) is 0 Å². The fraction of sp³-hybridized carbons (Fsp3) is 0.667. The van der Waals surface area contributed by atoms with E-state index in [1.807, 2.05) is 6.92 Å². The summed E-state index contributed by atoms with van der Waals surface area (Å²) in [6.45, 7) is 2.52. The Hall–Kier alpha value is -1.26. The number of nitrogens with one attached hydrogen (secondary N) is 2. The predicted octanol–water partition coefficient (Wildman–Crippen LogP) is -0.819. The van der Waals surface area contributed by atoms with Crippen molar-refractivity contribution < 1.29 is 9.59 Å². The zero-order valence-electron chi connectivity index (χ0n) is 6.52. The van der Waals surface area contributed by atoms with Gasteiger partial charge in [-0.1, -0.05) is 6.92 Å². The number of carbonyl (C=O) groups is 2. The third-order valence-corrected chi connectivity index (χ3v) is 0.995. The van der Waals surface area contributed by atoms with E-state index in [9.17, 15) is 9.59 Å². The first-order valence-electron chi connectivity index (χ1n) is 3.46. The molecule has 4 N–H and O–H groups in total. The Kier molecular flexibility index (Phi) is 4.89. The number of primary amides is 1. The van der Waals surface area contributed by atoms with E-state index in [4.69, 9.17) is 5.73 Å². The van der Waals surface area contributed by atoms with Gasteiger partial charge in [-0.15, -0.1) is 0 Å². The highest BCUT2D eigenvalue weighted by atomic mass is 16.2. The first-order valence-corrected chi connectivity index (χ1v) is 3.46. The van der Waals surface area contributed by atoms with E-state index in [1.54, 1.807) is 0 Å². The van der Waals surface area contributed by atoms with Crippen LogP contribution in [0.5, 0.6) is 0 Å². The van der Waals surface area contributed by atoms with E-state index in [2.05, 4.69) is 10.6 Å². The van der Waals surface area contributed by atoms with Crippen LogP contribution in [0.25, 0.3) is 0 Å². The van der Waals surface area contributed by atoms with Crippen molar-refractivity contribution in [2.75, 3.05) is 13.1 Å². The van der Waals surface area contributed by atoms with Crippen molar-refractivity contribution in [2.45, 2.75) is 13.3 Å². The maximum Gasteiger partial charge on any atom is 0.312 e. The van der Waals surface area contributed by atoms with Gasteiger partial charge in [0.05, 0.1) is 6.54 Å². The minimum Gasteiger partial charge on any atom is -0.355 e. The second-order valence-corrected chi connectivity index (χ2v) is 2.07. The molecule has 0 spiro atoms. The Labute approximate surface area is 65.3 Å². The van der Waals surface area contributed by atoms with Crippen molar-refractivity contribution in [3.8, 4) is 0 Å². The van der Waals surface area contributed by atoms with Gasteiger partial charge in [-0.3, -0.25) is 4.79 Å². The van der Waals surface area contributed by atoms with Gasteiger partial charge in [0.25, 0.3) is 0 Å². The lowest BCUT2D eigenvalue weighted by Crippen LogP contribution is -2.39. The summed E-state index contributed by atoms with van der Waals surface area (Å²) in [6.07, 6.45) is 0.877. The number of rotatable bonds is 4. The molecule has 5 heteroatoms. The molecule has 0 aliphatic heterocycles.